The third kappa shape index (κ3) is 3.09. The highest BCUT2D eigenvalue weighted by atomic mass is 19.4. The molecule has 3 rings (SSSR count). The molecule has 1 aliphatic carbocycles. The Bertz CT molecular complexity index is 733. The van der Waals surface area contributed by atoms with Crippen LogP contribution in [0.15, 0.2) is 28.8 Å². The van der Waals surface area contributed by atoms with Gasteiger partial charge in [-0.3, -0.25) is 4.79 Å². The molecular weight excluding hydrogens is 309 g/mol. The highest BCUT2D eigenvalue weighted by Crippen LogP contribution is 2.49. The first-order chi connectivity index (χ1) is 10.8. The molecule has 0 radical (unpaired) electrons. The summed E-state index contributed by atoms with van der Waals surface area (Å²) in [7, 11) is 0. The van der Waals surface area contributed by atoms with Crippen molar-refractivity contribution in [1.29, 1.82) is 0 Å². The van der Waals surface area contributed by atoms with E-state index < -0.39 is 11.7 Å². The van der Waals surface area contributed by atoms with Gasteiger partial charge in [-0.2, -0.15) is 13.2 Å². The number of aromatic nitrogens is 1. The zero-order valence-corrected chi connectivity index (χ0v) is 12.6. The molecular formula is C16H15F3N2O2. The van der Waals surface area contributed by atoms with Crippen molar-refractivity contribution < 1.29 is 22.5 Å². The fourth-order valence-corrected chi connectivity index (χ4v) is 2.68. The van der Waals surface area contributed by atoms with E-state index in [9.17, 15) is 18.0 Å². The van der Waals surface area contributed by atoms with Gasteiger partial charge >= 0.3 is 6.18 Å². The maximum Gasteiger partial charge on any atom is 0.416 e. The lowest BCUT2D eigenvalue weighted by atomic mass is 10.1. The summed E-state index contributed by atoms with van der Waals surface area (Å²) in [6.07, 6.45) is -3.84. The maximum absolute atomic E-state index is 12.8. The van der Waals surface area contributed by atoms with Gasteiger partial charge in [0.25, 0.3) is 0 Å². The smallest absolute Gasteiger partial charge is 0.359 e. The highest BCUT2D eigenvalue weighted by molar-refractivity contribution is 5.96. The van der Waals surface area contributed by atoms with Crippen LogP contribution in [0.5, 0.6) is 0 Å². The molecule has 7 heteroatoms. The van der Waals surface area contributed by atoms with Gasteiger partial charge < -0.3 is 9.84 Å². The van der Waals surface area contributed by atoms with E-state index in [2.05, 4.69) is 10.5 Å². The van der Waals surface area contributed by atoms with Crippen LogP contribution >= 0.6 is 0 Å². The summed E-state index contributed by atoms with van der Waals surface area (Å²) in [4.78, 5) is 12.2. The van der Waals surface area contributed by atoms with Crippen molar-refractivity contribution in [1.82, 2.24) is 5.16 Å². The van der Waals surface area contributed by atoms with Crippen LogP contribution in [0, 0.1) is 19.8 Å². The van der Waals surface area contributed by atoms with Crippen LogP contribution in [-0.4, -0.2) is 11.1 Å². The molecule has 0 saturated heterocycles. The van der Waals surface area contributed by atoms with Crippen molar-refractivity contribution in [2.24, 2.45) is 5.92 Å². The van der Waals surface area contributed by atoms with Crippen molar-refractivity contribution >= 4 is 11.6 Å². The van der Waals surface area contributed by atoms with E-state index in [1.165, 1.54) is 6.07 Å². The summed E-state index contributed by atoms with van der Waals surface area (Å²) in [5.41, 5.74) is 0.960. The number of nitrogens with one attached hydrogen (secondary N) is 1. The molecule has 1 heterocycles. The number of benzene rings is 1. The Kier molecular flexibility index (Phi) is 3.66. The minimum absolute atomic E-state index is 0.183. The summed E-state index contributed by atoms with van der Waals surface area (Å²) >= 11 is 0. The predicted octanol–water partition coefficient (Wildman–Crippen LogP) is 4.05. The molecule has 4 nitrogen and oxygen atoms in total. The lowest BCUT2D eigenvalue weighted by Crippen LogP contribution is -2.15. The Labute approximate surface area is 130 Å². The molecule has 2 aromatic rings. The summed E-state index contributed by atoms with van der Waals surface area (Å²) < 4.78 is 43.2. The van der Waals surface area contributed by atoms with Gasteiger partial charge in [-0.1, -0.05) is 23.4 Å². The Morgan fingerprint density at radius 2 is 2.09 bits per heavy atom. The number of hydrogen-bond donors (Lipinski definition) is 1. The molecule has 2 atom stereocenters. The molecule has 122 valence electrons. The third-order valence-electron chi connectivity index (χ3n) is 4.05. The van der Waals surface area contributed by atoms with E-state index in [0.29, 0.717) is 29.1 Å². The van der Waals surface area contributed by atoms with Crippen molar-refractivity contribution in [2.45, 2.75) is 32.4 Å². The minimum Gasteiger partial charge on any atom is -0.359 e. The summed E-state index contributed by atoms with van der Waals surface area (Å²) in [5, 5.41) is 6.50. The van der Waals surface area contributed by atoms with Crippen molar-refractivity contribution in [3.63, 3.8) is 0 Å². The van der Waals surface area contributed by atoms with Crippen LogP contribution in [0.1, 0.15) is 34.9 Å². The standard InChI is InChI=1S/C16H15F3N2O2/c1-8-14(9(2)23-21-8)20-15(22)13-7-12(13)10-4-3-5-11(6-10)16(17,18)19/h3-6,12-13H,7H2,1-2H3,(H,20,22). The molecule has 23 heavy (non-hydrogen) atoms. The second-order valence-electron chi connectivity index (χ2n) is 5.76. The van der Waals surface area contributed by atoms with E-state index in [0.717, 1.165) is 12.1 Å². The zero-order valence-electron chi connectivity index (χ0n) is 12.6. The Balaban J connectivity index is 1.71. The maximum atomic E-state index is 12.8. The Morgan fingerprint density at radius 1 is 1.35 bits per heavy atom. The largest absolute Gasteiger partial charge is 0.416 e. The molecule has 1 fully saturated rings. The number of alkyl halides is 3. The number of amides is 1. The Morgan fingerprint density at radius 3 is 2.70 bits per heavy atom. The normalized spacial score (nSPS) is 20.4. The molecule has 1 aliphatic rings. The topological polar surface area (TPSA) is 55.1 Å². The van der Waals surface area contributed by atoms with Gasteiger partial charge in [-0.05, 0) is 37.8 Å². The quantitative estimate of drug-likeness (QED) is 0.926. The Hall–Kier alpha value is -2.31. The average Bonchev–Trinajstić information content (AvgIpc) is 3.24. The van der Waals surface area contributed by atoms with E-state index in [1.54, 1.807) is 19.9 Å². The molecule has 0 spiro atoms. The molecule has 1 amide bonds. The molecule has 1 N–H and O–H groups in total. The number of anilines is 1. The van der Waals surface area contributed by atoms with Crippen LogP contribution in [0.3, 0.4) is 0 Å². The molecule has 0 bridgehead atoms. The fraction of sp³-hybridized carbons (Fsp3) is 0.375. The predicted molar refractivity (Wildman–Crippen MR) is 76.9 cm³/mol. The fourth-order valence-electron chi connectivity index (χ4n) is 2.68. The average molecular weight is 324 g/mol. The highest BCUT2D eigenvalue weighted by Gasteiger charge is 2.45. The first kappa shape index (κ1) is 15.6. The van der Waals surface area contributed by atoms with Crippen molar-refractivity contribution in [3.05, 3.63) is 46.8 Å². The van der Waals surface area contributed by atoms with E-state index >= 15 is 0 Å². The van der Waals surface area contributed by atoms with Gasteiger partial charge in [0.05, 0.1) is 5.56 Å². The molecule has 0 aliphatic heterocycles. The number of aryl methyl sites for hydroxylation is 2. The lowest BCUT2D eigenvalue weighted by molar-refractivity contribution is -0.137. The molecule has 1 aromatic heterocycles. The second kappa shape index (κ2) is 5.40. The lowest BCUT2D eigenvalue weighted by Gasteiger charge is -2.08. The summed E-state index contributed by atoms with van der Waals surface area (Å²) in [5.74, 6) is -0.223. The van der Waals surface area contributed by atoms with Crippen LogP contribution in [-0.2, 0) is 11.0 Å². The van der Waals surface area contributed by atoms with Crippen LogP contribution < -0.4 is 5.32 Å². The van der Waals surface area contributed by atoms with Gasteiger partial charge in [-0.25, -0.2) is 0 Å². The number of rotatable bonds is 3. The first-order valence-electron chi connectivity index (χ1n) is 7.18. The molecule has 1 saturated carbocycles. The number of nitrogens with zero attached hydrogens (tertiary/aromatic N) is 1. The first-order valence-corrected chi connectivity index (χ1v) is 7.18. The minimum atomic E-state index is -4.38. The molecule has 1 aromatic carbocycles. The van der Waals surface area contributed by atoms with E-state index in [4.69, 9.17) is 4.52 Å². The van der Waals surface area contributed by atoms with Crippen molar-refractivity contribution in [3.8, 4) is 0 Å². The van der Waals surface area contributed by atoms with Crippen LogP contribution in [0.25, 0.3) is 0 Å². The summed E-state index contributed by atoms with van der Waals surface area (Å²) in [6, 6.07) is 5.15. The monoisotopic (exact) mass is 324 g/mol. The zero-order chi connectivity index (χ0) is 16.8. The van der Waals surface area contributed by atoms with Gasteiger partial charge in [0, 0.05) is 5.92 Å². The van der Waals surface area contributed by atoms with Gasteiger partial charge in [0.1, 0.15) is 11.4 Å². The number of halogens is 3. The number of hydrogen-bond acceptors (Lipinski definition) is 3. The van der Waals surface area contributed by atoms with Crippen molar-refractivity contribution in [2.75, 3.05) is 5.32 Å². The second-order valence-corrected chi connectivity index (χ2v) is 5.76. The van der Waals surface area contributed by atoms with Gasteiger partial charge in [0.15, 0.2) is 5.76 Å². The molecule has 2 unspecified atom stereocenters. The van der Waals surface area contributed by atoms with E-state index in [1.807, 2.05) is 0 Å². The van der Waals surface area contributed by atoms with Gasteiger partial charge in [0.2, 0.25) is 5.91 Å². The summed E-state index contributed by atoms with van der Waals surface area (Å²) in [6.45, 7) is 3.40. The van der Waals surface area contributed by atoms with Crippen LogP contribution in [0.4, 0.5) is 18.9 Å². The van der Waals surface area contributed by atoms with Gasteiger partial charge in [-0.15, -0.1) is 0 Å². The van der Waals surface area contributed by atoms with Crippen LogP contribution in [0.2, 0.25) is 0 Å². The third-order valence-corrected chi connectivity index (χ3v) is 4.05. The SMILES string of the molecule is Cc1noc(C)c1NC(=O)C1CC1c1cccc(C(F)(F)F)c1. The van der Waals surface area contributed by atoms with E-state index in [-0.39, 0.29) is 17.7 Å². The number of carbonyl (C=O) groups excluding carboxylic acids is 1. The number of carbonyl (C=O) groups is 1.